The van der Waals surface area contributed by atoms with Crippen LogP contribution in [-0.4, -0.2) is 24.2 Å². The standard InChI is InChI=1S/C14H20N2O2.ClH/c15-13(10-14(17)18)11-4-6-12(7-5-11)16-8-2-1-3-9-16;/h4-7,13H,1-3,8-10,15H2,(H,17,18);1H/t13-;/m0./s1. The van der Waals surface area contributed by atoms with E-state index in [0.29, 0.717) is 0 Å². The van der Waals surface area contributed by atoms with Crippen molar-refractivity contribution in [2.24, 2.45) is 5.73 Å². The highest BCUT2D eigenvalue weighted by Gasteiger charge is 2.13. The van der Waals surface area contributed by atoms with Crippen molar-refractivity contribution >= 4 is 24.1 Å². The fourth-order valence-corrected chi connectivity index (χ4v) is 2.39. The normalized spacial score (nSPS) is 16.6. The number of halogens is 1. The molecular weight excluding hydrogens is 264 g/mol. The number of carboxylic acid groups (broad SMARTS) is 1. The Balaban J connectivity index is 0.00000180. The number of nitrogens with zero attached hydrogens (tertiary/aromatic N) is 1. The molecule has 1 aromatic rings. The average Bonchev–Trinajstić information content (AvgIpc) is 2.39. The van der Waals surface area contributed by atoms with Crippen LogP contribution in [0.2, 0.25) is 0 Å². The molecule has 1 heterocycles. The summed E-state index contributed by atoms with van der Waals surface area (Å²) >= 11 is 0. The summed E-state index contributed by atoms with van der Waals surface area (Å²) in [5.74, 6) is -0.859. The van der Waals surface area contributed by atoms with Crippen LogP contribution in [0, 0.1) is 0 Å². The van der Waals surface area contributed by atoms with Gasteiger partial charge in [-0.05, 0) is 37.0 Å². The molecule has 0 saturated carbocycles. The molecule has 0 spiro atoms. The van der Waals surface area contributed by atoms with Crippen molar-refractivity contribution in [3.05, 3.63) is 29.8 Å². The van der Waals surface area contributed by atoms with Gasteiger partial charge in [0.1, 0.15) is 0 Å². The predicted molar refractivity (Wildman–Crippen MR) is 78.9 cm³/mol. The van der Waals surface area contributed by atoms with Gasteiger partial charge in [0.15, 0.2) is 0 Å². The smallest absolute Gasteiger partial charge is 0.305 e. The zero-order chi connectivity index (χ0) is 13.0. The van der Waals surface area contributed by atoms with Crippen molar-refractivity contribution in [1.29, 1.82) is 0 Å². The third-order valence-electron chi connectivity index (χ3n) is 3.44. The molecule has 106 valence electrons. The van der Waals surface area contributed by atoms with Crippen LogP contribution in [0.3, 0.4) is 0 Å². The molecule has 0 unspecified atom stereocenters. The van der Waals surface area contributed by atoms with Crippen LogP contribution in [0.5, 0.6) is 0 Å². The number of benzene rings is 1. The van der Waals surface area contributed by atoms with E-state index in [4.69, 9.17) is 10.8 Å². The maximum atomic E-state index is 10.6. The Morgan fingerprint density at radius 2 is 1.79 bits per heavy atom. The van der Waals surface area contributed by atoms with E-state index >= 15 is 0 Å². The molecule has 1 aromatic carbocycles. The van der Waals surface area contributed by atoms with Crippen molar-refractivity contribution in [2.75, 3.05) is 18.0 Å². The molecule has 5 heteroatoms. The second-order valence-electron chi connectivity index (χ2n) is 4.84. The molecule has 3 N–H and O–H groups in total. The summed E-state index contributed by atoms with van der Waals surface area (Å²) in [6.45, 7) is 2.22. The number of aliphatic carboxylic acids is 1. The third kappa shape index (κ3) is 4.40. The van der Waals surface area contributed by atoms with Crippen molar-refractivity contribution in [3.63, 3.8) is 0 Å². The second kappa shape index (κ2) is 7.36. The summed E-state index contributed by atoms with van der Waals surface area (Å²) in [7, 11) is 0. The number of hydrogen-bond donors (Lipinski definition) is 2. The second-order valence-corrected chi connectivity index (χ2v) is 4.84. The molecule has 1 fully saturated rings. The SMILES string of the molecule is Cl.N[C@@H](CC(=O)O)c1ccc(N2CCCCC2)cc1. The van der Waals surface area contributed by atoms with Crippen molar-refractivity contribution in [3.8, 4) is 0 Å². The highest BCUT2D eigenvalue weighted by molar-refractivity contribution is 5.85. The first-order valence-corrected chi connectivity index (χ1v) is 6.49. The number of carbonyl (C=O) groups is 1. The first-order valence-electron chi connectivity index (χ1n) is 6.49. The largest absolute Gasteiger partial charge is 0.481 e. The van der Waals surface area contributed by atoms with Crippen LogP contribution in [0.4, 0.5) is 5.69 Å². The molecule has 1 saturated heterocycles. The van der Waals surface area contributed by atoms with Gasteiger partial charge in [0.05, 0.1) is 6.42 Å². The Morgan fingerprint density at radius 1 is 1.21 bits per heavy atom. The van der Waals surface area contributed by atoms with Crippen LogP contribution in [0.1, 0.15) is 37.3 Å². The number of hydrogen-bond acceptors (Lipinski definition) is 3. The van der Waals surface area contributed by atoms with Gasteiger partial charge in [-0.3, -0.25) is 4.79 Å². The minimum atomic E-state index is -0.859. The highest BCUT2D eigenvalue weighted by Crippen LogP contribution is 2.22. The van der Waals surface area contributed by atoms with E-state index < -0.39 is 12.0 Å². The van der Waals surface area contributed by atoms with E-state index in [2.05, 4.69) is 4.90 Å². The van der Waals surface area contributed by atoms with Crippen LogP contribution in [-0.2, 0) is 4.79 Å². The summed E-state index contributed by atoms with van der Waals surface area (Å²) in [5.41, 5.74) is 7.93. The summed E-state index contributed by atoms with van der Waals surface area (Å²) in [5, 5.41) is 8.72. The number of rotatable bonds is 4. The first-order chi connectivity index (χ1) is 8.66. The molecule has 1 atom stereocenters. The lowest BCUT2D eigenvalue weighted by atomic mass is 10.0. The van der Waals surface area contributed by atoms with Gasteiger partial charge in [-0.2, -0.15) is 0 Å². The van der Waals surface area contributed by atoms with E-state index in [-0.39, 0.29) is 18.8 Å². The Hall–Kier alpha value is -1.26. The van der Waals surface area contributed by atoms with E-state index in [0.717, 1.165) is 18.7 Å². The molecule has 4 nitrogen and oxygen atoms in total. The van der Waals surface area contributed by atoms with Gasteiger partial charge < -0.3 is 15.7 Å². The Bertz CT molecular complexity index is 402. The number of nitrogens with two attached hydrogens (primary N) is 1. The van der Waals surface area contributed by atoms with Gasteiger partial charge in [0, 0.05) is 24.8 Å². The molecule has 1 aliphatic rings. The lowest BCUT2D eigenvalue weighted by Gasteiger charge is -2.29. The lowest BCUT2D eigenvalue weighted by Crippen LogP contribution is -2.29. The van der Waals surface area contributed by atoms with Gasteiger partial charge in [-0.15, -0.1) is 12.4 Å². The summed E-state index contributed by atoms with van der Waals surface area (Å²) < 4.78 is 0. The number of carboxylic acids is 1. The minimum absolute atomic E-state index is 0. The average molecular weight is 285 g/mol. The van der Waals surface area contributed by atoms with Gasteiger partial charge >= 0.3 is 5.97 Å². The quantitative estimate of drug-likeness (QED) is 0.892. The summed E-state index contributed by atoms with van der Waals surface area (Å²) in [6.07, 6.45) is 3.79. The Kier molecular flexibility index (Phi) is 6.12. The van der Waals surface area contributed by atoms with Gasteiger partial charge in [0.25, 0.3) is 0 Å². The molecular formula is C14H21ClN2O2. The van der Waals surface area contributed by atoms with E-state index in [9.17, 15) is 4.79 Å². The van der Waals surface area contributed by atoms with Crippen molar-refractivity contribution < 1.29 is 9.90 Å². The molecule has 0 radical (unpaired) electrons. The molecule has 1 aliphatic heterocycles. The molecule has 0 aromatic heterocycles. The van der Waals surface area contributed by atoms with Gasteiger partial charge in [-0.1, -0.05) is 12.1 Å². The third-order valence-corrected chi connectivity index (χ3v) is 3.44. The topological polar surface area (TPSA) is 66.6 Å². The Morgan fingerprint density at radius 3 is 2.32 bits per heavy atom. The van der Waals surface area contributed by atoms with Crippen LogP contribution >= 0.6 is 12.4 Å². The van der Waals surface area contributed by atoms with Crippen molar-refractivity contribution in [2.45, 2.75) is 31.7 Å². The maximum Gasteiger partial charge on any atom is 0.305 e. The number of piperidine rings is 1. The van der Waals surface area contributed by atoms with E-state index in [1.165, 1.54) is 24.9 Å². The first kappa shape index (κ1) is 15.8. The van der Waals surface area contributed by atoms with Gasteiger partial charge in [-0.25, -0.2) is 0 Å². The Labute approximate surface area is 120 Å². The van der Waals surface area contributed by atoms with Crippen LogP contribution < -0.4 is 10.6 Å². The van der Waals surface area contributed by atoms with Crippen molar-refractivity contribution in [1.82, 2.24) is 0 Å². The monoisotopic (exact) mass is 284 g/mol. The minimum Gasteiger partial charge on any atom is -0.481 e. The summed E-state index contributed by atoms with van der Waals surface area (Å²) in [6, 6.07) is 7.55. The number of anilines is 1. The molecule has 0 aliphatic carbocycles. The fourth-order valence-electron chi connectivity index (χ4n) is 2.39. The fraction of sp³-hybridized carbons (Fsp3) is 0.500. The molecule has 0 bridgehead atoms. The predicted octanol–water partition coefficient (Wildman–Crippen LogP) is 2.57. The van der Waals surface area contributed by atoms with E-state index in [1.54, 1.807) is 0 Å². The highest BCUT2D eigenvalue weighted by atomic mass is 35.5. The zero-order valence-corrected chi connectivity index (χ0v) is 11.7. The van der Waals surface area contributed by atoms with Crippen LogP contribution in [0.15, 0.2) is 24.3 Å². The lowest BCUT2D eigenvalue weighted by molar-refractivity contribution is -0.137. The zero-order valence-electron chi connectivity index (χ0n) is 10.9. The molecule has 2 rings (SSSR count). The van der Waals surface area contributed by atoms with Gasteiger partial charge in [0.2, 0.25) is 0 Å². The summed E-state index contributed by atoms with van der Waals surface area (Å²) in [4.78, 5) is 13.0. The van der Waals surface area contributed by atoms with E-state index in [1.807, 2.05) is 24.3 Å². The van der Waals surface area contributed by atoms with Crippen LogP contribution in [0.25, 0.3) is 0 Å². The maximum absolute atomic E-state index is 10.6. The molecule has 0 amide bonds. The molecule has 19 heavy (non-hydrogen) atoms.